The number of nitrogens with zero attached hydrogens (tertiary/aromatic N) is 3. The van der Waals surface area contributed by atoms with Crippen molar-refractivity contribution in [1.82, 2.24) is 9.88 Å². The Morgan fingerprint density at radius 1 is 0.935 bits per heavy atom. The molecule has 3 aromatic rings. The molecule has 1 aliphatic heterocycles. The Kier molecular flexibility index (Phi) is 6.95. The van der Waals surface area contributed by atoms with Gasteiger partial charge in [-0.3, -0.25) is 4.79 Å². The molecule has 5 nitrogen and oxygen atoms in total. The van der Waals surface area contributed by atoms with Crippen LogP contribution in [-0.4, -0.2) is 42.3 Å². The summed E-state index contributed by atoms with van der Waals surface area (Å²) in [6.07, 6.45) is 7.65. The van der Waals surface area contributed by atoms with Crippen molar-refractivity contribution in [2.45, 2.75) is 25.7 Å². The minimum Gasteiger partial charge on any atom is -0.396 e. The monoisotopic (exact) mass is 414 g/mol. The summed E-state index contributed by atoms with van der Waals surface area (Å²) in [7, 11) is 0. The SMILES string of the molecule is Nc1cccnc1N(CCCN1CCCCC1)c1ccccc1-c1ccccc1C=O. The molecular weight excluding hydrogens is 384 g/mol. The van der Waals surface area contributed by atoms with E-state index in [4.69, 9.17) is 5.73 Å². The molecule has 1 saturated heterocycles. The molecule has 2 heterocycles. The molecule has 0 radical (unpaired) electrons. The summed E-state index contributed by atoms with van der Waals surface area (Å²) < 4.78 is 0. The van der Waals surface area contributed by atoms with E-state index in [1.165, 1.54) is 32.4 Å². The van der Waals surface area contributed by atoms with Gasteiger partial charge in [-0.15, -0.1) is 0 Å². The number of nitrogen functional groups attached to an aromatic ring is 1. The second-order valence-electron chi connectivity index (χ2n) is 8.05. The highest BCUT2D eigenvalue weighted by Crippen LogP contribution is 2.37. The average Bonchev–Trinajstić information content (AvgIpc) is 2.83. The van der Waals surface area contributed by atoms with Crippen LogP contribution in [0.25, 0.3) is 11.1 Å². The Labute approximate surface area is 184 Å². The molecule has 2 aromatic carbocycles. The summed E-state index contributed by atoms with van der Waals surface area (Å²) in [6.45, 7) is 4.25. The van der Waals surface area contributed by atoms with Crippen LogP contribution in [0.5, 0.6) is 0 Å². The molecule has 0 aliphatic carbocycles. The van der Waals surface area contributed by atoms with Crippen LogP contribution in [0.2, 0.25) is 0 Å². The zero-order chi connectivity index (χ0) is 21.5. The van der Waals surface area contributed by atoms with Crippen LogP contribution >= 0.6 is 0 Å². The molecule has 1 aromatic heterocycles. The van der Waals surface area contributed by atoms with Gasteiger partial charge in [0.25, 0.3) is 0 Å². The van der Waals surface area contributed by atoms with Crippen molar-refractivity contribution in [2.75, 3.05) is 36.8 Å². The number of piperidine rings is 1. The molecule has 5 heteroatoms. The van der Waals surface area contributed by atoms with Gasteiger partial charge in [0.15, 0.2) is 12.1 Å². The predicted molar refractivity (Wildman–Crippen MR) is 128 cm³/mol. The fourth-order valence-electron chi connectivity index (χ4n) is 4.39. The van der Waals surface area contributed by atoms with Crippen molar-refractivity contribution in [2.24, 2.45) is 0 Å². The topological polar surface area (TPSA) is 62.5 Å². The quantitative estimate of drug-likeness (QED) is 0.516. The van der Waals surface area contributed by atoms with Crippen LogP contribution in [0.4, 0.5) is 17.2 Å². The summed E-state index contributed by atoms with van der Waals surface area (Å²) in [5.74, 6) is 0.761. The van der Waals surface area contributed by atoms with E-state index < -0.39 is 0 Å². The van der Waals surface area contributed by atoms with Crippen LogP contribution < -0.4 is 10.6 Å². The van der Waals surface area contributed by atoms with E-state index in [0.29, 0.717) is 11.3 Å². The van der Waals surface area contributed by atoms with Crippen LogP contribution in [-0.2, 0) is 0 Å². The number of anilines is 3. The van der Waals surface area contributed by atoms with Crippen molar-refractivity contribution in [3.63, 3.8) is 0 Å². The molecule has 2 N–H and O–H groups in total. The molecule has 0 atom stereocenters. The zero-order valence-corrected chi connectivity index (χ0v) is 17.9. The fourth-order valence-corrected chi connectivity index (χ4v) is 4.39. The molecule has 31 heavy (non-hydrogen) atoms. The summed E-state index contributed by atoms with van der Waals surface area (Å²) in [4.78, 5) is 21.1. The van der Waals surface area contributed by atoms with E-state index in [9.17, 15) is 4.79 Å². The van der Waals surface area contributed by atoms with Crippen LogP contribution in [0, 0.1) is 0 Å². The van der Waals surface area contributed by atoms with E-state index in [-0.39, 0.29) is 0 Å². The van der Waals surface area contributed by atoms with Crippen molar-refractivity contribution in [3.8, 4) is 11.1 Å². The van der Waals surface area contributed by atoms with Crippen molar-refractivity contribution in [1.29, 1.82) is 0 Å². The molecule has 0 bridgehead atoms. The first-order valence-electron chi connectivity index (χ1n) is 11.1. The minimum absolute atomic E-state index is 0.652. The Bertz CT molecular complexity index is 1010. The first-order valence-corrected chi connectivity index (χ1v) is 11.1. The molecule has 4 rings (SSSR count). The Morgan fingerprint density at radius 3 is 2.45 bits per heavy atom. The van der Waals surface area contributed by atoms with Gasteiger partial charge in [0, 0.05) is 23.9 Å². The maximum Gasteiger partial charge on any atom is 0.156 e. The van der Waals surface area contributed by atoms with Gasteiger partial charge in [-0.05, 0) is 62.7 Å². The molecule has 0 unspecified atom stereocenters. The number of aldehydes is 1. The van der Waals surface area contributed by atoms with Crippen LogP contribution in [0.1, 0.15) is 36.0 Å². The Hall–Kier alpha value is -3.18. The van der Waals surface area contributed by atoms with Crippen molar-refractivity contribution < 1.29 is 4.79 Å². The number of hydrogen-bond donors (Lipinski definition) is 1. The second kappa shape index (κ2) is 10.2. The maximum atomic E-state index is 11.7. The van der Waals surface area contributed by atoms with Gasteiger partial charge in [-0.1, -0.05) is 48.9 Å². The number of para-hydroxylation sites is 1. The highest BCUT2D eigenvalue weighted by molar-refractivity contribution is 5.93. The number of carbonyl (C=O) groups is 1. The van der Waals surface area contributed by atoms with Gasteiger partial charge in [0.1, 0.15) is 0 Å². The van der Waals surface area contributed by atoms with E-state index >= 15 is 0 Å². The minimum atomic E-state index is 0.652. The van der Waals surface area contributed by atoms with E-state index in [1.807, 2.05) is 48.5 Å². The van der Waals surface area contributed by atoms with Gasteiger partial charge in [-0.2, -0.15) is 0 Å². The summed E-state index contributed by atoms with van der Waals surface area (Å²) in [5, 5.41) is 0. The molecule has 160 valence electrons. The fraction of sp³-hybridized carbons (Fsp3) is 0.308. The highest BCUT2D eigenvalue weighted by Gasteiger charge is 2.19. The number of aromatic nitrogens is 1. The third-order valence-corrected chi connectivity index (χ3v) is 5.95. The van der Waals surface area contributed by atoms with Crippen LogP contribution in [0.15, 0.2) is 66.9 Å². The van der Waals surface area contributed by atoms with Gasteiger partial charge in [0.2, 0.25) is 0 Å². The molecule has 1 aliphatic rings. The number of carbonyl (C=O) groups excluding carboxylic acids is 1. The smallest absolute Gasteiger partial charge is 0.156 e. The molecule has 0 saturated carbocycles. The Morgan fingerprint density at radius 2 is 1.68 bits per heavy atom. The van der Waals surface area contributed by atoms with Crippen LogP contribution in [0.3, 0.4) is 0 Å². The van der Waals surface area contributed by atoms with Gasteiger partial charge in [0.05, 0.1) is 11.4 Å². The van der Waals surface area contributed by atoms with E-state index in [0.717, 1.165) is 48.4 Å². The zero-order valence-electron chi connectivity index (χ0n) is 17.9. The third-order valence-electron chi connectivity index (χ3n) is 5.95. The van der Waals surface area contributed by atoms with E-state index in [2.05, 4.69) is 26.9 Å². The lowest BCUT2D eigenvalue weighted by atomic mass is 9.98. The summed E-state index contributed by atoms with van der Waals surface area (Å²) in [6, 6.07) is 19.6. The van der Waals surface area contributed by atoms with E-state index in [1.54, 1.807) is 6.20 Å². The number of hydrogen-bond acceptors (Lipinski definition) is 5. The number of rotatable bonds is 8. The number of nitrogens with two attached hydrogens (primary N) is 1. The normalized spacial score (nSPS) is 14.3. The number of likely N-dealkylation sites (tertiary alicyclic amines) is 1. The first kappa shape index (κ1) is 21.1. The lowest BCUT2D eigenvalue weighted by molar-refractivity contribution is 0.112. The lowest BCUT2D eigenvalue weighted by Crippen LogP contribution is -2.32. The maximum absolute atomic E-state index is 11.7. The number of pyridine rings is 1. The standard InChI is InChI=1S/C26H30N4O/c27-24-13-8-15-28-26(24)30(19-9-18-29-16-6-1-7-17-29)25-14-5-4-12-23(25)22-11-3-2-10-21(22)20-31/h2-5,8,10-15,20H,1,6-7,9,16-19,27H2. The van der Waals surface area contributed by atoms with Gasteiger partial charge >= 0.3 is 0 Å². The largest absolute Gasteiger partial charge is 0.396 e. The first-order chi connectivity index (χ1) is 15.3. The average molecular weight is 415 g/mol. The predicted octanol–water partition coefficient (Wildman–Crippen LogP) is 5.16. The molecular formula is C26H30N4O. The van der Waals surface area contributed by atoms with Gasteiger partial charge in [-0.25, -0.2) is 4.98 Å². The van der Waals surface area contributed by atoms with Gasteiger partial charge < -0.3 is 15.5 Å². The van der Waals surface area contributed by atoms with Crippen molar-refractivity contribution in [3.05, 3.63) is 72.4 Å². The second-order valence-corrected chi connectivity index (χ2v) is 8.05. The Balaban J connectivity index is 1.69. The third kappa shape index (κ3) is 4.94. The number of benzene rings is 2. The molecule has 0 amide bonds. The summed E-state index contributed by atoms with van der Waals surface area (Å²) >= 11 is 0. The van der Waals surface area contributed by atoms with Crippen molar-refractivity contribution >= 4 is 23.5 Å². The highest BCUT2D eigenvalue weighted by atomic mass is 16.1. The molecule has 1 fully saturated rings. The summed E-state index contributed by atoms with van der Waals surface area (Å²) in [5.41, 5.74) is 10.6. The molecule has 0 spiro atoms. The lowest BCUT2D eigenvalue weighted by Gasteiger charge is -2.30.